The minimum Gasteiger partial charge on any atom is -0.398 e. The van der Waals surface area contributed by atoms with E-state index in [1.54, 1.807) is 36.6 Å². The summed E-state index contributed by atoms with van der Waals surface area (Å²) in [6.07, 6.45) is 1.77. The molecule has 0 aliphatic carbocycles. The second-order valence-electron chi connectivity index (χ2n) is 4.78. The van der Waals surface area contributed by atoms with Crippen molar-refractivity contribution in [1.82, 2.24) is 10.3 Å². The van der Waals surface area contributed by atoms with E-state index in [2.05, 4.69) is 20.8 Å². The third-order valence-electron chi connectivity index (χ3n) is 3.04. The number of thiazole rings is 1. The Balaban J connectivity index is 2.18. The number of nitrogens with one attached hydrogen (secondary N) is 2. The highest BCUT2D eigenvalue weighted by molar-refractivity contribution is 7.14. The van der Waals surface area contributed by atoms with Crippen molar-refractivity contribution in [3.8, 4) is 0 Å². The first-order chi connectivity index (χ1) is 12.6. The summed E-state index contributed by atoms with van der Waals surface area (Å²) in [6.45, 7) is 0. The Kier molecular flexibility index (Phi) is 7.24. The Morgan fingerprint density at radius 2 is 2.12 bits per heavy atom. The normalized spacial score (nSPS) is 12.2. The molecule has 0 bridgehead atoms. The standard InChI is InChI=1S/C16H14ClN4O4S/c1-25-21-14(12-9-26-16(19-12)20-13(23)7-17)15(24)18-11(8-22)10-5-3-2-4-6-10/h2-6,9,11H,7H2,1H3,(H,18,24)(H,19,20,23). The van der Waals surface area contributed by atoms with E-state index in [0.717, 1.165) is 11.3 Å². The summed E-state index contributed by atoms with van der Waals surface area (Å²) in [5, 5.41) is 10.4. The van der Waals surface area contributed by atoms with Gasteiger partial charge in [0.15, 0.2) is 10.8 Å². The summed E-state index contributed by atoms with van der Waals surface area (Å²) in [5.41, 5.74) is 0.601. The lowest BCUT2D eigenvalue weighted by Crippen LogP contribution is -2.36. The van der Waals surface area contributed by atoms with Gasteiger partial charge in [-0.25, -0.2) is 4.98 Å². The van der Waals surface area contributed by atoms with E-state index in [-0.39, 0.29) is 22.4 Å². The largest absolute Gasteiger partial charge is 0.398 e. The highest BCUT2D eigenvalue weighted by atomic mass is 35.5. The van der Waals surface area contributed by atoms with Crippen LogP contribution in [0.3, 0.4) is 0 Å². The SMILES string of the molecule is CON=C(C(=O)NC([C]=O)c1ccccc1)c1csc(NC(=O)CCl)n1. The van der Waals surface area contributed by atoms with Crippen LogP contribution in [0.15, 0.2) is 40.9 Å². The molecule has 0 fully saturated rings. The molecule has 1 heterocycles. The molecule has 0 saturated heterocycles. The first kappa shape index (κ1) is 19.5. The van der Waals surface area contributed by atoms with Crippen LogP contribution in [-0.4, -0.2) is 41.8 Å². The Morgan fingerprint density at radius 3 is 2.73 bits per heavy atom. The number of aromatic nitrogens is 1. The fourth-order valence-electron chi connectivity index (χ4n) is 1.91. The summed E-state index contributed by atoms with van der Waals surface area (Å²) in [6, 6.07) is 7.67. The fraction of sp³-hybridized carbons (Fsp3) is 0.188. The quantitative estimate of drug-likeness (QED) is 0.402. The van der Waals surface area contributed by atoms with Gasteiger partial charge >= 0.3 is 0 Å². The average Bonchev–Trinajstić information content (AvgIpc) is 3.12. The number of hydrogen-bond donors (Lipinski definition) is 2. The van der Waals surface area contributed by atoms with Gasteiger partial charge in [-0.05, 0) is 5.56 Å². The maximum atomic E-state index is 12.5. The molecule has 0 saturated carbocycles. The van der Waals surface area contributed by atoms with Gasteiger partial charge in [0.05, 0.1) is 0 Å². The fourth-order valence-corrected chi connectivity index (χ4v) is 2.69. The van der Waals surface area contributed by atoms with Gasteiger partial charge < -0.3 is 15.5 Å². The van der Waals surface area contributed by atoms with Gasteiger partial charge in [-0.1, -0.05) is 35.5 Å². The van der Waals surface area contributed by atoms with E-state index in [9.17, 15) is 14.4 Å². The zero-order valence-corrected chi connectivity index (χ0v) is 15.1. The van der Waals surface area contributed by atoms with Gasteiger partial charge in [0.2, 0.25) is 12.2 Å². The highest BCUT2D eigenvalue weighted by Gasteiger charge is 2.23. The second-order valence-corrected chi connectivity index (χ2v) is 5.90. The van der Waals surface area contributed by atoms with Crippen molar-refractivity contribution in [1.29, 1.82) is 0 Å². The Hall–Kier alpha value is -2.78. The predicted octanol–water partition coefficient (Wildman–Crippen LogP) is 1.64. The molecule has 1 aromatic heterocycles. The van der Waals surface area contributed by atoms with E-state index in [1.165, 1.54) is 12.5 Å². The number of alkyl halides is 1. The van der Waals surface area contributed by atoms with Crippen molar-refractivity contribution >= 4 is 51.9 Å². The van der Waals surface area contributed by atoms with Crippen LogP contribution in [0.1, 0.15) is 17.3 Å². The van der Waals surface area contributed by atoms with Gasteiger partial charge in [-0.15, -0.1) is 22.9 Å². The number of carbonyl (C=O) groups is 2. The van der Waals surface area contributed by atoms with E-state index in [4.69, 9.17) is 16.4 Å². The smallest absolute Gasteiger partial charge is 0.276 e. The van der Waals surface area contributed by atoms with Crippen LogP contribution in [0, 0.1) is 0 Å². The van der Waals surface area contributed by atoms with Crippen LogP contribution in [0.2, 0.25) is 0 Å². The number of benzene rings is 1. The van der Waals surface area contributed by atoms with Crippen LogP contribution in [0.4, 0.5) is 5.13 Å². The van der Waals surface area contributed by atoms with E-state index < -0.39 is 17.9 Å². The van der Waals surface area contributed by atoms with Gasteiger partial charge in [-0.2, -0.15) is 0 Å². The predicted molar refractivity (Wildman–Crippen MR) is 98.0 cm³/mol. The topological polar surface area (TPSA) is 110 Å². The summed E-state index contributed by atoms with van der Waals surface area (Å²) < 4.78 is 0. The molecule has 1 radical (unpaired) electrons. The lowest BCUT2D eigenvalue weighted by Gasteiger charge is -2.12. The van der Waals surface area contributed by atoms with Crippen molar-refractivity contribution in [3.05, 3.63) is 47.0 Å². The number of hydrogen-bond acceptors (Lipinski definition) is 7. The molecule has 2 amide bonds. The summed E-state index contributed by atoms with van der Waals surface area (Å²) in [4.78, 5) is 43.9. The molecule has 1 atom stereocenters. The maximum absolute atomic E-state index is 12.5. The van der Waals surface area contributed by atoms with Crippen LogP contribution in [0.5, 0.6) is 0 Å². The van der Waals surface area contributed by atoms with Gasteiger partial charge in [0, 0.05) is 5.38 Å². The van der Waals surface area contributed by atoms with E-state index in [1.807, 2.05) is 0 Å². The summed E-state index contributed by atoms with van der Waals surface area (Å²) in [5.74, 6) is -1.32. The Bertz CT molecular complexity index is 810. The molecular formula is C16H14ClN4O4S. The number of amides is 2. The van der Waals surface area contributed by atoms with E-state index >= 15 is 0 Å². The minimum atomic E-state index is -0.972. The number of carbonyl (C=O) groups excluding carboxylic acids is 3. The molecule has 0 aliphatic rings. The van der Waals surface area contributed by atoms with Gasteiger partial charge in [0.1, 0.15) is 24.7 Å². The van der Waals surface area contributed by atoms with Gasteiger partial charge in [-0.3, -0.25) is 14.4 Å². The second kappa shape index (κ2) is 9.64. The summed E-state index contributed by atoms with van der Waals surface area (Å²) >= 11 is 6.51. The van der Waals surface area contributed by atoms with E-state index in [0.29, 0.717) is 5.56 Å². The van der Waals surface area contributed by atoms with Crippen molar-refractivity contribution in [2.75, 3.05) is 18.3 Å². The summed E-state index contributed by atoms with van der Waals surface area (Å²) in [7, 11) is 1.27. The monoisotopic (exact) mass is 393 g/mol. The Labute approximate surface area is 158 Å². The number of nitrogens with zero attached hydrogens (tertiary/aromatic N) is 2. The molecule has 26 heavy (non-hydrogen) atoms. The average molecular weight is 394 g/mol. The molecule has 135 valence electrons. The number of oxime groups is 1. The zero-order valence-electron chi connectivity index (χ0n) is 13.6. The number of rotatable bonds is 8. The lowest BCUT2D eigenvalue weighted by atomic mass is 10.1. The molecule has 2 rings (SSSR count). The molecule has 2 aromatic rings. The molecular weight excluding hydrogens is 380 g/mol. The molecule has 1 unspecified atom stereocenters. The van der Waals surface area contributed by atoms with Gasteiger partial charge in [0.25, 0.3) is 5.91 Å². The van der Waals surface area contributed by atoms with Crippen LogP contribution >= 0.6 is 22.9 Å². The lowest BCUT2D eigenvalue weighted by molar-refractivity contribution is -0.115. The molecule has 2 N–H and O–H groups in total. The van der Waals surface area contributed by atoms with Crippen molar-refractivity contribution < 1.29 is 19.2 Å². The van der Waals surface area contributed by atoms with Crippen molar-refractivity contribution in [3.63, 3.8) is 0 Å². The molecule has 1 aromatic carbocycles. The first-order valence-corrected chi connectivity index (χ1v) is 8.66. The maximum Gasteiger partial charge on any atom is 0.276 e. The highest BCUT2D eigenvalue weighted by Crippen LogP contribution is 2.17. The minimum absolute atomic E-state index is 0.147. The van der Waals surface area contributed by atoms with Crippen LogP contribution in [0.25, 0.3) is 0 Å². The van der Waals surface area contributed by atoms with Crippen molar-refractivity contribution in [2.24, 2.45) is 5.16 Å². The third-order valence-corrected chi connectivity index (χ3v) is 4.04. The molecule has 0 spiro atoms. The molecule has 10 heteroatoms. The van der Waals surface area contributed by atoms with Crippen molar-refractivity contribution in [2.45, 2.75) is 6.04 Å². The Morgan fingerprint density at radius 1 is 1.38 bits per heavy atom. The van der Waals surface area contributed by atoms with Crippen LogP contribution < -0.4 is 10.6 Å². The number of anilines is 1. The zero-order chi connectivity index (χ0) is 18.9. The number of halogens is 1. The van der Waals surface area contributed by atoms with Crippen LogP contribution in [-0.2, 0) is 19.2 Å². The molecule has 8 nitrogen and oxygen atoms in total. The third kappa shape index (κ3) is 5.11. The first-order valence-electron chi connectivity index (χ1n) is 7.25. The molecule has 0 aliphatic heterocycles.